The highest BCUT2D eigenvalue weighted by atomic mass is 32.1. The van der Waals surface area contributed by atoms with Crippen LogP contribution in [0.1, 0.15) is 58.8 Å². The van der Waals surface area contributed by atoms with Gasteiger partial charge in [-0.05, 0) is 18.9 Å². The maximum Gasteiger partial charge on any atom is 0.248 e. The fraction of sp³-hybridized carbons (Fsp3) is 0.688. The molecule has 0 saturated heterocycles. The molecule has 0 aliphatic heterocycles. The molecule has 0 aromatic rings. The van der Waals surface area contributed by atoms with Gasteiger partial charge in [0.05, 0.1) is 4.86 Å². The molecular weight excluding hydrogens is 287 g/mol. The van der Waals surface area contributed by atoms with E-state index in [1.807, 2.05) is 18.2 Å². The second kappa shape index (κ2) is 9.52. The smallest absolute Gasteiger partial charge is 0.248 e. The summed E-state index contributed by atoms with van der Waals surface area (Å²) in [7, 11) is -2.57. The van der Waals surface area contributed by atoms with Crippen LogP contribution in [-0.4, -0.2) is 17.2 Å². The first-order valence-corrected chi connectivity index (χ1v) is 10.2. The summed E-state index contributed by atoms with van der Waals surface area (Å²) in [5.41, 5.74) is 0. The molecule has 0 heterocycles. The molecule has 114 valence electrons. The van der Waals surface area contributed by atoms with E-state index in [1.165, 1.54) is 0 Å². The van der Waals surface area contributed by atoms with Gasteiger partial charge in [-0.2, -0.15) is 0 Å². The summed E-state index contributed by atoms with van der Waals surface area (Å²) in [5, 5.41) is 0. The Kier molecular flexibility index (Phi) is 8.40. The number of unbranched alkanes of at least 4 members (excludes halogenated alkanes) is 4. The third-order valence-corrected chi connectivity index (χ3v) is 6.32. The molecule has 0 radical (unpaired) electrons. The minimum absolute atomic E-state index is 0.666. The Balaban J connectivity index is 2.65. The van der Waals surface area contributed by atoms with Gasteiger partial charge in [0.15, 0.2) is 0 Å². The van der Waals surface area contributed by atoms with Gasteiger partial charge in [0.2, 0.25) is 7.37 Å². The average Bonchev–Trinajstić information content (AvgIpc) is 2.42. The molecule has 0 aromatic heterocycles. The van der Waals surface area contributed by atoms with Gasteiger partial charge in [-0.3, -0.25) is 4.57 Å². The SMILES string of the molecule is CCCCCP(=O)(CCCCC)OC1=CC=CCC1=S. The van der Waals surface area contributed by atoms with Crippen molar-refractivity contribution in [3.8, 4) is 0 Å². The Labute approximate surface area is 129 Å². The summed E-state index contributed by atoms with van der Waals surface area (Å²) in [4.78, 5) is 0.777. The lowest BCUT2D eigenvalue weighted by Gasteiger charge is -2.22. The van der Waals surface area contributed by atoms with Gasteiger partial charge in [-0.15, -0.1) is 0 Å². The van der Waals surface area contributed by atoms with Crippen molar-refractivity contribution in [3.63, 3.8) is 0 Å². The van der Waals surface area contributed by atoms with Crippen LogP contribution in [0.5, 0.6) is 0 Å². The van der Waals surface area contributed by atoms with E-state index >= 15 is 0 Å². The number of thiocarbonyl (C=S) groups is 1. The van der Waals surface area contributed by atoms with Gasteiger partial charge in [0, 0.05) is 18.7 Å². The van der Waals surface area contributed by atoms with Crippen molar-refractivity contribution < 1.29 is 9.09 Å². The Morgan fingerprint density at radius 1 is 1.15 bits per heavy atom. The van der Waals surface area contributed by atoms with E-state index in [1.54, 1.807) is 0 Å². The summed E-state index contributed by atoms with van der Waals surface area (Å²) >= 11 is 5.30. The quantitative estimate of drug-likeness (QED) is 0.286. The number of allylic oxidation sites excluding steroid dienone is 4. The van der Waals surface area contributed by atoms with Gasteiger partial charge in [0.1, 0.15) is 5.76 Å². The summed E-state index contributed by atoms with van der Waals surface area (Å²) in [6.07, 6.45) is 14.4. The fourth-order valence-corrected chi connectivity index (χ4v) is 4.81. The summed E-state index contributed by atoms with van der Waals surface area (Å²) in [6.45, 7) is 4.32. The third kappa shape index (κ3) is 6.37. The molecule has 0 spiro atoms. The predicted molar refractivity (Wildman–Crippen MR) is 91.9 cm³/mol. The summed E-state index contributed by atoms with van der Waals surface area (Å²) in [5.74, 6) is 0.666. The second-order valence-electron chi connectivity index (χ2n) is 5.35. The molecule has 0 amide bonds. The van der Waals surface area contributed by atoms with E-state index in [0.717, 1.165) is 49.8 Å². The van der Waals surface area contributed by atoms with Crippen molar-refractivity contribution in [1.82, 2.24) is 0 Å². The van der Waals surface area contributed by atoms with E-state index in [4.69, 9.17) is 16.7 Å². The molecule has 0 saturated carbocycles. The van der Waals surface area contributed by atoms with E-state index in [9.17, 15) is 4.57 Å². The van der Waals surface area contributed by atoms with E-state index < -0.39 is 7.37 Å². The minimum Gasteiger partial charge on any atom is -0.442 e. The molecule has 0 N–H and O–H groups in total. The predicted octanol–water partition coefficient (Wildman–Crippen LogP) is 5.88. The summed E-state index contributed by atoms with van der Waals surface area (Å²) < 4.78 is 18.9. The highest BCUT2D eigenvalue weighted by Crippen LogP contribution is 2.51. The molecule has 0 atom stereocenters. The number of rotatable bonds is 10. The Morgan fingerprint density at radius 3 is 2.25 bits per heavy atom. The van der Waals surface area contributed by atoms with Crippen molar-refractivity contribution >= 4 is 24.5 Å². The van der Waals surface area contributed by atoms with Crippen LogP contribution in [0, 0.1) is 0 Å². The molecule has 1 aliphatic rings. The van der Waals surface area contributed by atoms with Gasteiger partial charge >= 0.3 is 0 Å². The van der Waals surface area contributed by atoms with Crippen LogP contribution in [0.3, 0.4) is 0 Å². The Bertz CT molecular complexity index is 399. The first kappa shape index (κ1) is 17.7. The van der Waals surface area contributed by atoms with Crippen molar-refractivity contribution in [2.75, 3.05) is 12.3 Å². The van der Waals surface area contributed by atoms with E-state index in [2.05, 4.69) is 13.8 Å². The van der Waals surface area contributed by atoms with Crippen LogP contribution in [0.25, 0.3) is 0 Å². The van der Waals surface area contributed by atoms with E-state index in [-0.39, 0.29) is 0 Å². The lowest BCUT2D eigenvalue weighted by molar-refractivity contribution is 0.418. The zero-order valence-electron chi connectivity index (χ0n) is 12.8. The highest BCUT2D eigenvalue weighted by molar-refractivity contribution is 7.80. The first-order chi connectivity index (χ1) is 9.61. The molecule has 4 heteroatoms. The normalized spacial score (nSPS) is 15.3. The molecular formula is C16H27O2PS. The standard InChI is InChI=1S/C16H27O2PS/c1-3-5-9-13-19(17,14-10-6-4-2)18-15-11-7-8-12-16(15)20/h7-8,11H,3-6,9-10,12-14H2,1-2H3. The Morgan fingerprint density at radius 2 is 1.75 bits per heavy atom. The third-order valence-electron chi connectivity index (χ3n) is 3.43. The number of hydrogen-bond donors (Lipinski definition) is 0. The van der Waals surface area contributed by atoms with E-state index in [0.29, 0.717) is 18.1 Å². The monoisotopic (exact) mass is 314 g/mol. The van der Waals surface area contributed by atoms with Gasteiger partial charge in [0.25, 0.3) is 0 Å². The van der Waals surface area contributed by atoms with Crippen LogP contribution in [-0.2, 0) is 9.09 Å². The molecule has 0 fully saturated rings. The van der Waals surface area contributed by atoms with Crippen LogP contribution in [0.4, 0.5) is 0 Å². The van der Waals surface area contributed by atoms with Crippen molar-refractivity contribution in [2.24, 2.45) is 0 Å². The zero-order valence-corrected chi connectivity index (χ0v) is 14.5. The minimum atomic E-state index is -2.57. The molecule has 0 aromatic carbocycles. The second-order valence-corrected chi connectivity index (χ2v) is 8.55. The van der Waals surface area contributed by atoms with Gasteiger partial charge < -0.3 is 4.52 Å². The van der Waals surface area contributed by atoms with Crippen LogP contribution >= 0.6 is 19.6 Å². The largest absolute Gasteiger partial charge is 0.442 e. The van der Waals surface area contributed by atoms with Crippen LogP contribution in [0.15, 0.2) is 24.0 Å². The molecule has 1 aliphatic carbocycles. The zero-order chi connectivity index (χ0) is 14.8. The lowest BCUT2D eigenvalue weighted by Crippen LogP contribution is -2.08. The fourth-order valence-electron chi connectivity index (χ4n) is 2.19. The van der Waals surface area contributed by atoms with Gasteiger partial charge in [-0.25, -0.2) is 0 Å². The highest BCUT2D eigenvalue weighted by Gasteiger charge is 2.26. The molecule has 20 heavy (non-hydrogen) atoms. The molecule has 2 nitrogen and oxygen atoms in total. The maximum atomic E-state index is 13.0. The van der Waals surface area contributed by atoms with Crippen molar-refractivity contribution in [2.45, 2.75) is 58.8 Å². The van der Waals surface area contributed by atoms with Crippen molar-refractivity contribution in [1.29, 1.82) is 0 Å². The van der Waals surface area contributed by atoms with Crippen LogP contribution < -0.4 is 0 Å². The van der Waals surface area contributed by atoms with Crippen LogP contribution in [0.2, 0.25) is 0 Å². The maximum absolute atomic E-state index is 13.0. The average molecular weight is 314 g/mol. The van der Waals surface area contributed by atoms with Crippen molar-refractivity contribution in [3.05, 3.63) is 24.0 Å². The summed E-state index contributed by atoms with van der Waals surface area (Å²) in [6, 6.07) is 0. The van der Waals surface area contributed by atoms with Gasteiger partial charge in [-0.1, -0.05) is 63.9 Å². The number of hydrogen-bond acceptors (Lipinski definition) is 3. The lowest BCUT2D eigenvalue weighted by atomic mass is 10.2. The Hall–Kier alpha value is -0.400. The molecule has 0 unspecified atom stereocenters. The molecule has 1 rings (SSSR count). The first-order valence-electron chi connectivity index (χ1n) is 7.79. The molecule has 0 bridgehead atoms. The topological polar surface area (TPSA) is 26.3 Å².